The van der Waals surface area contributed by atoms with Crippen LogP contribution in [0.15, 0.2) is 23.4 Å². The molecule has 1 nitrogen and oxygen atoms in total. The number of rotatable bonds is 0. The third-order valence-corrected chi connectivity index (χ3v) is 3.75. The van der Waals surface area contributed by atoms with Gasteiger partial charge in [0.05, 0.1) is 6.04 Å². The first kappa shape index (κ1) is 10.4. The van der Waals surface area contributed by atoms with E-state index in [9.17, 15) is 0 Å². The Morgan fingerprint density at radius 3 is 2.93 bits per heavy atom. The average Bonchev–Trinajstić information content (AvgIpc) is 2.31. The Labute approximate surface area is 92.9 Å². The van der Waals surface area contributed by atoms with Crippen molar-refractivity contribution >= 4 is 0 Å². The number of hydrogen-bond donors (Lipinski definition) is 0. The van der Waals surface area contributed by atoms with Crippen LogP contribution < -0.4 is 0 Å². The Balaban J connectivity index is 2.42. The maximum atomic E-state index is 3.40. The Morgan fingerprint density at radius 1 is 1.47 bits per heavy atom. The molecule has 0 N–H and O–H groups in total. The topological polar surface area (TPSA) is 3.24 Å². The maximum Gasteiger partial charge on any atom is 0.0990 e. The minimum Gasteiger partial charge on any atom is -0.366 e. The van der Waals surface area contributed by atoms with E-state index in [4.69, 9.17) is 0 Å². The van der Waals surface area contributed by atoms with Crippen LogP contribution >= 0.6 is 0 Å². The predicted octanol–water partition coefficient (Wildman–Crippen LogP) is 2.95. The van der Waals surface area contributed by atoms with Crippen molar-refractivity contribution in [1.29, 1.82) is 0 Å². The van der Waals surface area contributed by atoms with E-state index in [1.54, 1.807) is 0 Å². The highest BCUT2D eigenvalue weighted by Crippen LogP contribution is 2.44. The maximum absolute atomic E-state index is 3.40. The fourth-order valence-electron chi connectivity index (χ4n) is 2.72. The van der Waals surface area contributed by atoms with E-state index >= 15 is 0 Å². The summed E-state index contributed by atoms with van der Waals surface area (Å²) in [5.74, 6) is 6.67. The molecule has 0 radical (unpaired) electrons. The van der Waals surface area contributed by atoms with E-state index < -0.39 is 0 Å². The lowest BCUT2D eigenvalue weighted by molar-refractivity contribution is 0.261. The smallest absolute Gasteiger partial charge is 0.0990 e. The van der Waals surface area contributed by atoms with E-state index in [0.717, 1.165) is 12.8 Å². The predicted molar refractivity (Wildman–Crippen MR) is 64.2 cm³/mol. The molecule has 1 heteroatoms. The summed E-state index contributed by atoms with van der Waals surface area (Å²) >= 11 is 0. The molecule has 0 bridgehead atoms. The van der Waals surface area contributed by atoms with E-state index in [-0.39, 0.29) is 5.41 Å². The molecule has 0 spiro atoms. The third-order valence-electron chi connectivity index (χ3n) is 3.75. The van der Waals surface area contributed by atoms with E-state index in [0.29, 0.717) is 6.04 Å². The van der Waals surface area contributed by atoms with Crippen molar-refractivity contribution in [2.45, 2.75) is 39.7 Å². The van der Waals surface area contributed by atoms with Crippen LogP contribution in [0.5, 0.6) is 0 Å². The molecule has 0 aromatic rings. The number of fused-ring (bicyclic) bond motifs is 1. The summed E-state index contributed by atoms with van der Waals surface area (Å²) < 4.78 is 0. The van der Waals surface area contributed by atoms with Crippen LogP contribution in [-0.4, -0.2) is 18.0 Å². The summed E-state index contributed by atoms with van der Waals surface area (Å²) in [5, 5.41) is 0. The van der Waals surface area contributed by atoms with Gasteiger partial charge in [0.2, 0.25) is 0 Å². The highest BCUT2D eigenvalue weighted by Gasteiger charge is 2.41. The van der Waals surface area contributed by atoms with Crippen molar-refractivity contribution in [2.24, 2.45) is 5.41 Å². The van der Waals surface area contributed by atoms with Crippen LogP contribution in [0.2, 0.25) is 0 Å². The molecular formula is C14H19N. The van der Waals surface area contributed by atoms with Crippen LogP contribution in [-0.2, 0) is 0 Å². The summed E-state index contributed by atoms with van der Waals surface area (Å²) in [6.45, 7) is 6.79. The monoisotopic (exact) mass is 201 g/mol. The van der Waals surface area contributed by atoms with Gasteiger partial charge in [-0.15, -0.1) is 0 Å². The molecule has 2 atom stereocenters. The summed E-state index contributed by atoms with van der Waals surface area (Å²) in [6.07, 6.45) is 6.56. The summed E-state index contributed by atoms with van der Waals surface area (Å²) in [7, 11) is 2.13. The Bertz CT molecular complexity index is 391. The van der Waals surface area contributed by atoms with Gasteiger partial charge in [0, 0.05) is 18.9 Å². The van der Waals surface area contributed by atoms with Gasteiger partial charge in [0.25, 0.3) is 0 Å². The molecule has 1 aliphatic carbocycles. The van der Waals surface area contributed by atoms with Gasteiger partial charge in [-0.25, -0.2) is 0 Å². The molecule has 0 amide bonds. The molecule has 15 heavy (non-hydrogen) atoms. The zero-order valence-electron chi connectivity index (χ0n) is 10.1. The van der Waals surface area contributed by atoms with Crippen molar-refractivity contribution in [1.82, 2.24) is 4.90 Å². The molecule has 2 rings (SSSR count). The van der Waals surface area contributed by atoms with Gasteiger partial charge in [-0.3, -0.25) is 0 Å². The third kappa shape index (κ3) is 1.59. The number of allylic oxidation sites excluding steroid dienone is 2. The van der Waals surface area contributed by atoms with Crippen molar-refractivity contribution in [3.05, 3.63) is 23.4 Å². The average molecular weight is 201 g/mol. The van der Waals surface area contributed by atoms with Crippen molar-refractivity contribution in [2.75, 3.05) is 7.05 Å². The molecule has 0 saturated heterocycles. The van der Waals surface area contributed by atoms with Crippen LogP contribution in [0.4, 0.5) is 0 Å². The second-order valence-electron chi connectivity index (χ2n) is 5.05. The summed E-state index contributed by atoms with van der Waals surface area (Å²) in [5.41, 5.74) is 3.14. The van der Waals surface area contributed by atoms with Crippen LogP contribution in [0.1, 0.15) is 33.6 Å². The molecule has 0 saturated carbocycles. The number of hydrogen-bond acceptors (Lipinski definition) is 1. The number of nitrogens with zero attached hydrogens (tertiary/aromatic N) is 1. The Morgan fingerprint density at radius 2 is 2.20 bits per heavy atom. The van der Waals surface area contributed by atoms with Crippen LogP contribution in [0.25, 0.3) is 0 Å². The Hall–Kier alpha value is -1.16. The van der Waals surface area contributed by atoms with Gasteiger partial charge >= 0.3 is 0 Å². The summed E-state index contributed by atoms with van der Waals surface area (Å²) in [6, 6.07) is 0.362. The molecule has 1 aliphatic heterocycles. The minimum absolute atomic E-state index is 0.211. The van der Waals surface area contributed by atoms with Gasteiger partial charge in [-0.2, -0.15) is 0 Å². The highest BCUT2D eigenvalue weighted by atomic mass is 15.1. The highest BCUT2D eigenvalue weighted by molar-refractivity contribution is 5.33. The fraction of sp³-hybridized carbons (Fsp3) is 0.571. The lowest BCUT2D eigenvalue weighted by Gasteiger charge is -2.34. The first-order valence-corrected chi connectivity index (χ1v) is 5.59. The van der Waals surface area contributed by atoms with Crippen LogP contribution in [0.3, 0.4) is 0 Å². The van der Waals surface area contributed by atoms with Gasteiger partial charge < -0.3 is 4.90 Å². The second kappa shape index (κ2) is 3.45. The zero-order valence-corrected chi connectivity index (χ0v) is 10.1. The minimum atomic E-state index is 0.211. The molecule has 1 heterocycles. The van der Waals surface area contributed by atoms with Crippen LogP contribution in [0, 0.1) is 17.3 Å². The molecule has 2 aliphatic rings. The normalized spacial score (nSPS) is 34.4. The fourth-order valence-corrected chi connectivity index (χ4v) is 2.72. The largest absolute Gasteiger partial charge is 0.366 e. The lowest BCUT2D eigenvalue weighted by atomic mass is 9.73. The van der Waals surface area contributed by atoms with Crippen molar-refractivity contribution in [3.8, 4) is 11.8 Å². The van der Waals surface area contributed by atoms with Gasteiger partial charge in [-0.1, -0.05) is 30.4 Å². The molecule has 0 fully saturated rings. The van der Waals surface area contributed by atoms with Crippen molar-refractivity contribution < 1.29 is 0 Å². The molecule has 0 aromatic carbocycles. The molecular weight excluding hydrogens is 182 g/mol. The SMILES string of the molecule is CC1=CCC#CC2N(C)C=C(C)C2(C)C1. The van der Waals surface area contributed by atoms with E-state index in [1.165, 1.54) is 11.1 Å². The van der Waals surface area contributed by atoms with Crippen molar-refractivity contribution in [3.63, 3.8) is 0 Å². The quantitative estimate of drug-likeness (QED) is 0.430. The first-order valence-electron chi connectivity index (χ1n) is 5.59. The second-order valence-corrected chi connectivity index (χ2v) is 5.05. The molecule has 80 valence electrons. The first-order chi connectivity index (χ1) is 7.04. The van der Waals surface area contributed by atoms with Gasteiger partial charge in [-0.05, 0) is 32.0 Å². The molecule has 0 aromatic heterocycles. The summed E-state index contributed by atoms with van der Waals surface area (Å²) in [4.78, 5) is 2.26. The van der Waals surface area contributed by atoms with E-state index in [2.05, 4.69) is 56.8 Å². The van der Waals surface area contributed by atoms with Gasteiger partial charge in [0.1, 0.15) is 0 Å². The van der Waals surface area contributed by atoms with Gasteiger partial charge in [0.15, 0.2) is 0 Å². The Kier molecular flexibility index (Phi) is 2.38. The lowest BCUT2D eigenvalue weighted by Crippen LogP contribution is -2.37. The zero-order chi connectivity index (χ0) is 11.1. The molecule has 2 unspecified atom stereocenters. The van der Waals surface area contributed by atoms with E-state index in [1.807, 2.05) is 0 Å². The standard InChI is InChI=1S/C14H19N/c1-11-7-5-6-8-13-14(3,9-11)12(2)10-15(13)4/h7,10,13H,5,9H2,1-4H3.